The zero-order chi connectivity index (χ0) is 24.6. The molecule has 33 heavy (non-hydrogen) atoms. The van der Waals surface area contributed by atoms with Crippen molar-refractivity contribution in [3.05, 3.63) is 75.4 Å². The number of non-ortho nitro benzene ring substituents is 1. The molecule has 2 N–H and O–H groups in total. The Kier molecular flexibility index (Phi) is 8.30. The number of ether oxygens (including phenoxy) is 1. The molecule has 0 heterocycles. The third-order valence-electron chi connectivity index (χ3n) is 4.12. The fraction of sp³-hybridized carbons (Fsp3) is 0.182. The summed E-state index contributed by atoms with van der Waals surface area (Å²) in [6.07, 6.45) is 0.374. The molecule has 0 radical (unpaired) electrons. The van der Waals surface area contributed by atoms with Gasteiger partial charge in [-0.2, -0.15) is 0 Å². The third kappa shape index (κ3) is 7.19. The first-order valence-electron chi connectivity index (χ1n) is 9.51. The van der Waals surface area contributed by atoms with Gasteiger partial charge in [0.2, 0.25) is 0 Å². The van der Waals surface area contributed by atoms with Crippen LogP contribution in [0.3, 0.4) is 0 Å². The van der Waals surface area contributed by atoms with Gasteiger partial charge in [0.05, 0.1) is 39.7 Å². The van der Waals surface area contributed by atoms with E-state index in [9.17, 15) is 28.1 Å². The number of rotatable bonds is 8. The second-order valence-corrected chi connectivity index (χ2v) is 8.32. The molecule has 0 fully saturated rings. The number of carboxylic acid groups (broad SMARTS) is 1. The van der Waals surface area contributed by atoms with Gasteiger partial charge in [0.1, 0.15) is 0 Å². The van der Waals surface area contributed by atoms with Gasteiger partial charge in [-0.3, -0.25) is 19.6 Å². The Labute approximate surface area is 190 Å². The van der Waals surface area contributed by atoms with Crippen LogP contribution in [0.5, 0.6) is 0 Å². The summed E-state index contributed by atoms with van der Waals surface area (Å²) in [6, 6.07) is 9.44. The number of nitro benzene ring substituents is 1. The fourth-order valence-electron chi connectivity index (χ4n) is 2.53. The van der Waals surface area contributed by atoms with Crippen molar-refractivity contribution >= 4 is 33.3 Å². The number of aliphatic carboxylic acids is 1. The van der Waals surface area contributed by atoms with Gasteiger partial charge in [-0.15, -0.1) is 0 Å². The normalized spacial score (nSPS) is 11.2. The molecule has 0 aliphatic rings. The highest BCUT2D eigenvalue weighted by Crippen LogP contribution is 2.24. The van der Waals surface area contributed by atoms with E-state index in [1.54, 1.807) is 26.0 Å². The summed E-state index contributed by atoms with van der Waals surface area (Å²) in [5.74, 6) is 2.84. The number of carbonyl (C=O) groups is 2. The second kappa shape index (κ2) is 10.9. The van der Waals surface area contributed by atoms with Gasteiger partial charge in [0.25, 0.3) is 15.7 Å². The van der Waals surface area contributed by atoms with E-state index < -0.39 is 33.3 Å². The van der Waals surface area contributed by atoms with E-state index in [0.29, 0.717) is 0 Å². The molecule has 0 aromatic heterocycles. The van der Waals surface area contributed by atoms with E-state index >= 15 is 0 Å². The SMILES string of the molecule is CCOC(=O)/C(=C/C#Cc1cc([N+](=O)[O-])ccc1NS(=O)(=O)c1ccc(C)cc1)CC(=O)O. The van der Waals surface area contributed by atoms with Gasteiger partial charge >= 0.3 is 11.9 Å². The Balaban J connectivity index is 2.48. The van der Waals surface area contributed by atoms with E-state index in [4.69, 9.17) is 9.84 Å². The molecule has 0 bridgehead atoms. The first-order valence-corrected chi connectivity index (χ1v) is 11.0. The molecule has 0 spiro atoms. The Morgan fingerprint density at radius 1 is 1.21 bits per heavy atom. The summed E-state index contributed by atoms with van der Waals surface area (Å²) in [5.41, 5.74) is 0.218. The Morgan fingerprint density at radius 3 is 2.45 bits per heavy atom. The highest BCUT2D eigenvalue weighted by atomic mass is 32.2. The minimum Gasteiger partial charge on any atom is -0.481 e. The zero-order valence-corrected chi connectivity index (χ0v) is 18.5. The van der Waals surface area contributed by atoms with Crippen LogP contribution in [0, 0.1) is 28.9 Å². The maximum atomic E-state index is 12.7. The number of allylic oxidation sites excluding steroid dienone is 1. The van der Waals surface area contributed by atoms with Crippen molar-refractivity contribution in [2.24, 2.45) is 0 Å². The van der Waals surface area contributed by atoms with E-state index in [2.05, 4.69) is 16.6 Å². The summed E-state index contributed by atoms with van der Waals surface area (Å²) in [6.45, 7) is 3.38. The second-order valence-electron chi connectivity index (χ2n) is 6.64. The van der Waals surface area contributed by atoms with Crippen LogP contribution in [0.2, 0.25) is 0 Å². The van der Waals surface area contributed by atoms with Gasteiger partial charge in [0, 0.05) is 12.1 Å². The molecule has 11 heteroatoms. The fourth-order valence-corrected chi connectivity index (χ4v) is 3.61. The van der Waals surface area contributed by atoms with E-state index in [1.165, 1.54) is 18.2 Å². The number of carbonyl (C=O) groups excluding carboxylic acids is 1. The van der Waals surface area contributed by atoms with Gasteiger partial charge < -0.3 is 9.84 Å². The number of hydrogen-bond donors (Lipinski definition) is 2. The van der Waals surface area contributed by atoms with Gasteiger partial charge in [-0.1, -0.05) is 29.5 Å². The standard InChI is InChI=1S/C22H20N2O8S/c1-3-32-22(27)17(14-21(25)26)6-4-5-16-13-18(24(28)29)9-12-20(16)23-33(30,31)19-10-7-15(2)8-11-19/h6-13,23H,3,14H2,1-2H3,(H,25,26)/b17-6+. The van der Waals surface area contributed by atoms with Crippen molar-refractivity contribution in [3.8, 4) is 11.8 Å². The van der Waals surface area contributed by atoms with Crippen molar-refractivity contribution in [2.75, 3.05) is 11.3 Å². The molecule has 0 atom stereocenters. The van der Waals surface area contributed by atoms with Gasteiger partial charge in [-0.05, 0) is 38.1 Å². The third-order valence-corrected chi connectivity index (χ3v) is 5.50. The quantitative estimate of drug-likeness (QED) is 0.195. The van der Waals surface area contributed by atoms with Crippen LogP contribution in [-0.2, 0) is 24.3 Å². The lowest BCUT2D eigenvalue weighted by molar-refractivity contribution is -0.384. The lowest BCUT2D eigenvalue weighted by atomic mass is 10.1. The van der Waals surface area contributed by atoms with Crippen molar-refractivity contribution in [1.82, 2.24) is 0 Å². The number of hydrogen-bond acceptors (Lipinski definition) is 7. The largest absolute Gasteiger partial charge is 0.481 e. The smallest absolute Gasteiger partial charge is 0.335 e. The lowest BCUT2D eigenvalue weighted by Gasteiger charge is -2.10. The highest BCUT2D eigenvalue weighted by Gasteiger charge is 2.18. The highest BCUT2D eigenvalue weighted by molar-refractivity contribution is 7.92. The molecule has 0 saturated heterocycles. The van der Waals surface area contributed by atoms with Gasteiger partial charge in [-0.25, -0.2) is 13.2 Å². The van der Waals surface area contributed by atoms with Crippen molar-refractivity contribution in [1.29, 1.82) is 0 Å². The summed E-state index contributed by atoms with van der Waals surface area (Å²) in [4.78, 5) is 33.3. The first-order chi connectivity index (χ1) is 15.5. The molecule has 0 unspecified atom stereocenters. The Bertz CT molecular complexity index is 1270. The summed E-state index contributed by atoms with van der Waals surface area (Å²) >= 11 is 0. The first kappa shape index (κ1) is 25.1. The minimum atomic E-state index is -4.02. The van der Waals surface area contributed by atoms with E-state index in [1.807, 2.05) is 0 Å². The summed E-state index contributed by atoms with van der Waals surface area (Å²) in [7, 11) is -4.02. The number of anilines is 1. The molecular formula is C22H20N2O8S. The number of aryl methyl sites for hydroxylation is 1. The maximum absolute atomic E-state index is 12.7. The number of nitro groups is 1. The molecule has 0 amide bonds. The van der Waals surface area contributed by atoms with Crippen molar-refractivity contribution < 1.29 is 32.8 Å². The molecule has 172 valence electrons. The van der Waals surface area contributed by atoms with Crippen LogP contribution < -0.4 is 4.72 Å². The molecular weight excluding hydrogens is 452 g/mol. The molecule has 2 aromatic rings. The molecule has 2 aromatic carbocycles. The monoisotopic (exact) mass is 472 g/mol. The van der Waals surface area contributed by atoms with Crippen LogP contribution in [0.25, 0.3) is 0 Å². The van der Waals surface area contributed by atoms with Crippen LogP contribution in [0.15, 0.2) is 59.0 Å². The Hall–Kier alpha value is -4.17. The van der Waals surface area contributed by atoms with Crippen LogP contribution in [0.4, 0.5) is 11.4 Å². The van der Waals surface area contributed by atoms with Crippen LogP contribution in [0.1, 0.15) is 24.5 Å². The lowest BCUT2D eigenvalue weighted by Crippen LogP contribution is -2.14. The number of esters is 1. The minimum absolute atomic E-state index is 0.0173. The van der Waals surface area contributed by atoms with E-state index in [0.717, 1.165) is 23.8 Å². The predicted octanol–water partition coefficient (Wildman–Crippen LogP) is 3.02. The summed E-state index contributed by atoms with van der Waals surface area (Å²) < 4.78 is 32.6. The molecule has 2 rings (SSSR count). The van der Waals surface area contributed by atoms with Gasteiger partial charge in [0.15, 0.2) is 0 Å². The van der Waals surface area contributed by atoms with Crippen LogP contribution in [-0.4, -0.2) is 37.0 Å². The summed E-state index contributed by atoms with van der Waals surface area (Å²) in [5, 5.41) is 20.1. The average Bonchev–Trinajstić information content (AvgIpc) is 2.74. The van der Waals surface area contributed by atoms with Crippen molar-refractivity contribution in [2.45, 2.75) is 25.2 Å². The van der Waals surface area contributed by atoms with Crippen molar-refractivity contribution in [3.63, 3.8) is 0 Å². The molecule has 10 nitrogen and oxygen atoms in total. The maximum Gasteiger partial charge on any atom is 0.335 e. The number of carboxylic acids is 1. The molecule has 0 saturated carbocycles. The topological polar surface area (TPSA) is 153 Å². The number of benzene rings is 2. The average molecular weight is 472 g/mol. The number of nitrogens with one attached hydrogen (secondary N) is 1. The predicted molar refractivity (Wildman–Crippen MR) is 119 cm³/mol. The number of nitrogens with zero attached hydrogens (tertiary/aromatic N) is 1. The van der Waals surface area contributed by atoms with E-state index in [-0.39, 0.29) is 34.0 Å². The number of sulfonamides is 1. The molecule has 0 aliphatic carbocycles. The van der Waals surface area contributed by atoms with Crippen LogP contribution >= 0.6 is 0 Å². The molecule has 0 aliphatic heterocycles. The Morgan fingerprint density at radius 2 is 1.88 bits per heavy atom. The zero-order valence-electron chi connectivity index (χ0n) is 17.7.